The lowest BCUT2D eigenvalue weighted by Gasteiger charge is -2.05. The summed E-state index contributed by atoms with van der Waals surface area (Å²) in [5, 5.41) is 3.00. The highest BCUT2D eigenvalue weighted by molar-refractivity contribution is 5.13. The smallest absolute Gasteiger partial charge is 0.250 e. The van der Waals surface area contributed by atoms with Gasteiger partial charge in [0.2, 0.25) is 0 Å². The molecule has 78 valence electrons. The molecule has 0 bridgehead atoms. The van der Waals surface area contributed by atoms with E-state index in [0.717, 1.165) is 18.8 Å². The monoisotopic (exact) mass is 202 g/mol. The van der Waals surface area contributed by atoms with Crippen LogP contribution in [0.2, 0.25) is 0 Å². The maximum Gasteiger partial charge on any atom is 0.250 e. The van der Waals surface area contributed by atoms with E-state index in [9.17, 15) is 8.78 Å². The largest absolute Gasteiger partial charge is 0.474 e. The predicted molar refractivity (Wildman–Crippen MR) is 48.2 cm³/mol. The molecule has 5 heteroatoms. The van der Waals surface area contributed by atoms with Crippen LogP contribution in [0.25, 0.3) is 0 Å². The fourth-order valence-corrected chi connectivity index (χ4v) is 0.905. The average molecular weight is 202 g/mol. The highest BCUT2D eigenvalue weighted by atomic mass is 19.1. The van der Waals surface area contributed by atoms with Crippen molar-refractivity contribution in [1.82, 2.24) is 10.3 Å². The number of halogens is 2. The van der Waals surface area contributed by atoms with E-state index >= 15 is 0 Å². The first-order chi connectivity index (χ1) is 6.74. The highest BCUT2D eigenvalue weighted by Gasteiger charge is 2.05. The molecule has 1 heterocycles. The Morgan fingerprint density at radius 1 is 1.50 bits per heavy atom. The molecule has 14 heavy (non-hydrogen) atoms. The van der Waals surface area contributed by atoms with E-state index in [1.807, 2.05) is 6.92 Å². The highest BCUT2D eigenvalue weighted by Crippen LogP contribution is 2.12. The van der Waals surface area contributed by atoms with Gasteiger partial charge in [-0.3, -0.25) is 0 Å². The number of hydrogen-bond acceptors (Lipinski definition) is 3. The summed E-state index contributed by atoms with van der Waals surface area (Å²) in [6, 6.07) is 0.746. The van der Waals surface area contributed by atoms with Crippen LogP contribution in [0.5, 0.6) is 5.88 Å². The van der Waals surface area contributed by atoms with Crippen LogP contribution in [-0.2, 0) is 0 Å². The van der Waals surface area contributed by atoms with Gasteiger partial charge in [-0.15, -0.1) is 0 Å². The first kappa shape index (κ1) is 10.8. The van der Waals surface area contributed by atoms with Gasteiger partial charge in [0.1, 0.15) is 12.4 Å². The Morgan fingerprint density at radius 3 is 2.93 bits per heavy atom. The minimum absolute atomic E-state index is 0.163. The quantitative estimate of drug-likeness (QED) is 0.732. The van der Waals surface area contributed by atoms with Crippen molar-refractivity contribution in [3.8, 4) is 5.88 Å². The first-order valence-electron chi connectivity index (χ1n) is 4.38. The summed E-state index contributed by atoms with van der Waals surface area (Å²) in [6.45, 7) is 3.69. The van der Waals surface area contributed by atoms with Crippen LogP contribution in [0.3, 0.4) is 0 Å². The standard InChI is InChI=1S/C9H12F2N2O/c1-2-12-3-4-14-9-8(11)5-7(10)6-13-9/h5-6,12H,2-4H2,1H3. The van der Waals surface area contributed by atoms with E-state index in [1.54, 1.807) is 0 Å². The Labute approximate surface area is 81.1 Å². The van der Waals surface area contributed by atoms with Crippen molar-refractivity contribution in [2.24, 2.45) is 0 Å². The van der Waals surface area contributed by atoms with Crippen molar-refractivity contribution in [3.63, 3.8) is 0 Å². The second-order valence-corrected chi connectivity index (χ2v) is 2.64. The topological polar surface area (TPSA) is 34.1 Å². The second kappa shape index (κ2) is 5.49. The summed E-state index contributed by atoms with van der Waals surface area (Å²) in [5.74, 6) is -1.65. The van der Waals surface area contributed by atoms with Crippen molar-refractivity contribution >= 4 is 0 Å². The summed E-state index contributed by atoms with van der Waals surface area (Å²) in [5.41, 5.74) is 0. The van der Waals surface area contributed by atoms with Crippen molar-refractivity contribution in [2.75, 3.05) is 19.7 Å². The van der Waals surface area contributed by atoms with Gasteiger partial charge in [0.05, 0.1) is 6.20 Å². The molecule has 1 N–H and O–H groups in total. The zero-order valence-electron chi connectivity index (χ0n) is 7.89. The van der Waals surface area contributed by atoms with Crippen LogP contribution in [0.4, 0.5) is 8.78 Å². The van der Waals surface area contributed by atoms with E-state index in [4.69, 9.17) is 4.74 Å². The summed E-state index contributed by atoms with van der Waals surface area (Å²) in [4.78, 5) is 3.48. The Kier molecular flexibility index (Phi) is 4.25. The Morgan fingerprint density at radius 2 is 2.29 bits per heavy atom. The van der Waals surface area contributed by atoms with E-state index in [2.05, 4.69) is 10.3 Å². The lowest BCUT2D eigenvalue weighted by molar-refractivity contribution is 0.286. The molecule has 0 atom stereocenters. The van der Waals surface area contributed by atoms with Gasteiger partial charge in [-0.2, -0.15) is 0 Å². The third-order valence-corrected chi connectivity index (χ3v) is 1.54. The van der Waals surface area contributed by atoms with Crippen molar-refractivity contribution in [2.45, 2.75) is 6.92 Å². The maximum absolute atomic E-state index is 12.9. The third-order valence-electron chi connectivity index (χ3n) is 1.54. The maximum atomic E-state index is 12.9. The van der Waals surface area contributed by atoms with Gasteiger partial charge in [-0.1, -0.05) is 6.92 Å². The molecule has 1 aromatic rings. The molecular weight excluding hydrogens is 190 g/mol. The first-order valence-corrected chi connectivity index (χ1v) is 4.38. The van der Waals surface area contributed by atoms with Crippen LogP contribution in [0.15, 0.2) is 12.3 Å². The summed E-state index contributed by atoms with van der Waals surface area (Å²) in [6.07, 6.45) is 0.922. The number of likely N-dealkylation sites (N-methyl/N-ethyl adjacent to an activating group) is 1. The van der Waals surface area contributed by atoms with Gasteiger partial charge >= 0.3 is 0 Å². The van der Waals surface area contributed by atoms with Gasteiger partial charge in [0.15, 0.2) is 5.82 Å². The average Bonchev–Trinajstić information content (AvgIpc) is 2.15. The molecular formula is C9H12F2N2O. The fourth-order valence-electron chi connectivity index (χ4n) is 0.905. The SMILES string of the molecule is CCNCCOc1ncc(F)cc1F. The van der Waals surface area contributed by atoms with E-state index < -0.39 is 11.6 Å². The molecule has 0 aliphatic carbocycles. The molecule has 0 saturated carbocycles. The molecule has 0 radical (unpaired) electrons. The number of hydrogen-bond donors (Lipinski definition) is 1. The van der Waals surface area contributed by atoms with Gasteiger partial charge < -0.3 is 10.1 Å². The molecule has 0 aromatic carbocycles. The number of pyridine rings is 1. The normalized spacial score (nSPS) is 10.2. The lowest BCUT2D eigenvalue weighted by Crippen LogP contribution is -2.20. The molecule has 0 fully saturated rings. The molecule has 0 aliphatic rings. The number of nitrogens with one attached hydrogen (secondary N) is 1. The molecule has 0 saturated heterocycles. The van der Waals surface area contributed by atoms with Gasteiger partial charge in [-0.05, 0) is 6.54 Å². The van der Waals surface area contributed by atoms with Crippen LogP contribution < -0.4 is 10.1 Å². The van der Waals surface area contributed by atoms with Crippen LogP contribution in [0.1, 0.15) is 6.92 Å². The van der Waals surface area contributed by atoms with Crippen LogP contribution in [0, 0.1) is 11.6 Å². The summed E-state index contributed by atoms with van der Waals surface area (Å²) in [7, 11) is 0. The molecule has 0 unspecified atom stereocenters. The van der Waals surface area contributed by atoms with Crippen molar-refractivity contribution < 1.29 is 13.5 Å². The Bertz CT molecular complexity index is 294. The number of ether oxygens (including phenoxy) is 1. The van der Waals surface area contributed by atoms with Gasteiger partial charge in [0.25, 0.3) is 5.88 Å². The van der Waals surface area contributed by atoms with Crippen LogP contribution >= 0.6 is 0 Å². The van der Waals surface area contributed by atoms with Crippen LogP contribution in [-0.4, -0.2) is 24.7 Å². The summed E-state index contributed by atoms with van der Waals surface area (Å²) < 4.78 is 30.3. The second-order valence-electron chi connectivity index (χ2n) is 2.64. The molecule has 1 rings (SSSR count). The summed E-state index contributed by atoms with van der Waals surface area (Å²) >= 11 is 0. The number of rotatable bonds is 5. The zero-order chi connectivity index (χ0) is 10.4. The zero-order valence-corrected chi connectivity index (χ0v) is 7.89. The molecule has 1 aromatic heterocycles. The Balaban J connectivity index is 2.42. The minimum Gasteiger partial charge on any atom is -0.474 e. The van der Waals surface area contributed by atoms with E-state index in [1.165, 1.54) is 0 Å². The number of nitrogens with zero attached hydrogens (tertiary/aromatic N) is 1. The van der Waals surface area contributed by atoms with E-state index in [-0.39, 0.29) is 5.88 Å². The molecule has 3 nitrogen and oxygen atoms in total. The third kappa shape index (κ3) is 3.26. The van der Waals surface area contributed by atoms with Crippen molar-refractivity contribution in [3.05, 3.63) is 23.9 Å². The van der Waals surface area contributed by atoms with Gasteiger partial charge in [0, 0.05) is 12.6 Å². The minimum atomic E-state index is -0.776. The molecule has 0 aliphatic heterocycles. The van der Waals surface area contributed by atoms with Gasteiger partial charge in [-0.25, -0.2) is 13.8 Å². The van der Waals surface area contributed by atoms with Crippen molar-refractivity contribution in [1.29, 1.82) is 0 Å². The molecule has 0 amide bonds. The lowest BCUT2D eigenvalue weighted by atomic mass is 10.4. The number of aromatic nitrogens is 1. The fraction of sp³-hybridized carbons (Fsp3) is 0.444. The Hall–Kier alpha value is -1.23. The predicted octanol–water partition coefficient (Wildman–Crippen LogP) is 1.35. The van der Waals surface area contributed by atoms with E-state index in [0.29, 0.717) is 13.2 Å². The molecule has 0 spiro atoms.